The number of hydrogen-bond acceptors (Lipinski definition) is 3. The van der Waals surface area contributed by atoms with Crippen molar-refractivity contribution < 1.29 is 17.6 Å². The van der Waals surface area contributed by atoms with Crippen LogP contribution in [0.4, 0.5) is 4.39 Å². The van der Waals surface area contributed by atoms with Crippen LogP contribution in [0.1, 0.15) is 6.42 Å². The fourth-order valence-electron chi connectivity index (χ4n) is 3.68. The first-order valence-electron chi connectivity index (χ1n) is 9.53. The van der Waals surface area contributed by atoms with Gasteiger partial charge in [0.2, 0.25) is 15.9 Å². The Bertz CT molecular complexity index is 1130. The van der Waals surface area contributed by atoms with Gasteiger partial charge in [-0.25, -0.2) is 12.8 Å². The minimum absolute atomic E-state index is 0.00859. The van der Waals surface area contributed by atoms with Gasteiger partial charge in [0.05, 0.1) is 0 Å². The highest BCUT2D eigenvalue weighted by atomic mass is 32.2. The van der Waals surface area contributed by atoms with Crippen molar-refractivity contribution in [2.24, 2.45) is 0 Å². The zero-order chi connectivity index (χ0) is 20.4. The quantitative estimate of drug-likeness (QED) is 0.644. The molecule has 1 aromatic heterocycles. The van der Waals surface area contributed by atoms with Crippen LogP contribution >= 0.6 is 0 Å². The number of aromatic nitrogens is 1. The number of sulfonamides is 1. The van der Waals surface area contributed by atoms with Gasteiger partial charge in [0.1, 0.15) is 10.7 Å². The normalized spacial score (nSPS) is 15.7. The number of fused-ring (bicyclic) bond motifs is 1. The van der Waals surface area contributed by atoms with Crippen LogP contribution in [0.5, 0.6) is 0 Å². The van der Waals surface area contributed by atoms with Crippen molar-refractivity contribution in [1.29, 1.82) is 0 Å². The van der Waals surface area contributed by atoms with E-state index in [9.17, 15) is 17.6 Å². The SMILES string of the molecule is O=C(CCn1ccc2ccccc21)N1CCN(S(=O)(=O)c2ccccc2F)CC1. The molecule has 0 N–H and O–H groups in total. The summed E-state index contributed by atoms with van der Waals surface area (Å²) in [5.41, 5.74) is 1.08. The molecule has 2 heterocycles. The summed E-state index contributed by atoms with van der Waals surface area (Å²) in [5, 5.41) is 1.13. The third-order valence-corrected chi connectivity index (χ3v) is 7.22. The Morgan fingerprint density at radius 1 is 0.931 bits per heavy atom. The first kappa shape index (κ1) is 19.6. The molecule has 8 heteroatoms. The predicted octanol–water partition coefficient (Wildman–Crippen LogP) is 2.70. The number of para-hydroxylation sites is 1. The van der Waals surface area contributed by atoms with Crippen LogP contribution in [-0.2, 0) is 21.4 Å². The molecule has 0 bridgehead atoms. The smallest absolute Gasteiger partial charge is 0.246 e. The highest BCUT2D eigenvalue weighted by Crippen LogP contribution is 2.21. The molecule has 0 unspecified atom stereocenters. The van der Waals surface area contributed by atoms with Gasteiger partial charge in [-0.2, -0.15) is 4.31 Å². The van der Waals surface area contributed by atoms with Crippen LogP contribution in [-0.4, -0.2) is 54.3 Å². The maximum atomic E-state index is 13.9. The average molecular weight is 415 g/mol. The van der Waals surface area contributed by atoms with Crippen molar-refractivity contribution in [1.82, 2.24) is 13.8 Å². The van der Waals surface area contributed by atoms with Gasteiger partial charge in [-0.05, 0) is 29.7 Å². The summed E-state index contributed by atoms with van der Waals surface area (Å²) >= 11 is 0. The minimum atomic E-state index is -3.90. The van der Waals surface area contributed by atoms with Crippen molar-refractivity contribution in [3.8, 4) is 0 Å². The molecular weight excluding hydrogens is 393 g/mol. The second kappa shape index (κ2) is 7.96. The highest BCUT2D eigenvalue weighted by Gasteiger charge is 2.31. The Morgan fingerprint density at radius 3 is 2.38 bits per heavy atom. The molecule has 0 radical (unpaired) electrons. The van der Waals surface area contributed by atoms with Gasteiger partial charge < -0.3 is 9.47 Å². The highest BCUT2D eigenvalue weighted by molar-refractivity contribution is 7.89. The number of nitrogens with zero attached hydrogens (tertiary/aromatic N) is 3. The molecule has 152 valence electrons. The van der Waals surface area contributed by atoms with Crippen LogP contribution in [0.25, 0.3) is 10.9 Å². The number of carbonyl (C=O) groups excluding carboxylic acids is 1. The lowest BCUT2D eigenvalue weighted by atomic mass is 10.2. The molecular formula is C21H22FN3O3S. The van der Waals surface area contributed by atoms with E-state index in [1.165, 1.54) is 22.5 Å². The number of rotatable bonds is 5. The Morgan fingerprint density at radius 2 is 1.62 bits per heavy atom. The van der Waals surface area contributed by atoms with Gasteiger partial charge in [-0.15, -0.1) is 0 Å². The zero-order valence-electron chi connectivity index (χ0n) is 15.9. The van der Waals surface area contributed by atoms with E-state index in [4.69, 9.17) is 0 Å². The van der Waals surface area contributed by atoms with Crippen LogP contribution in [0, 0.1) is 5.82 Å². The summed E-state index contributed by atoms with van der Waals surface area (Å²) < 4.78 is 42.5. The van der Waals surface area contributed by atoms with Gasteiger partial charge in [-0.1, -0.05) is 30.3 Å². The third kappa shape index (κ3) is 3.90. The molecule has 0 atom stereocenters. The molecule has 6 nitrogen and oxygen atoms in total. The van der Waals surface area contributed by atoms with E-state index in [-0.39, 0.29) is 23.9 Å². The van der Waals surface area contributed by atoms with Gasteiger partial charge in [-0.3, -0.25) is 4.79 Å². The van der Waals surface area contributed by atoms with Gasteiger partial charge in [0.15, 0.2) is 0 Å². The van der Waals surface area contributed by atoms with Crippen molar-refractivity contribution in [2.75, 3.05) is 26.2 Å². The Hall–Kier alpha value is -2.71. The van der Waals surface area contributed by atoms with Gasteiger partial charge in [0, 0.05) is 50.9 Å². The van der Waals surface area contributed by atoms with Gasteiger partial charge >= 0.3 is 0 Å². The molecule has 0 spiro atoms. The van der Waals surface area contributed by atoms with E-state index in [0.29, 0.717) is 26.1 Å². The van der Waals surface area contributed by atoms with E-state index in [2.05, 4.69) is 0 Å². The molecule has 0 saturated carbocycles. The number of amides is 1. The topological polar surface area (TPSA) is 62.6 Å². The average Bonchev–Trinajstić information content (AvgIpc) is 3.15. The fourth-order valence-corrected chi connectivity index (χ4v) is 5.17. The number of carbonyl (C=O) groups is 1. The van der Waals surface area contributed by atoms with Crippen LogP contribution in [0.3, 0.4) is 0 Å². The van der Waals surface area contributed by atoms with Crippen LogP contribution in [0.15, 0.2) is 65.7 Å². The minimum Gasteiger partial charge on any atom is -0.347 e. The number of hydrogen-bond donors (Lipinski definition) is 0. The number of benzene rings is 2. The second-order valence-corrected chi connectivity index (χ2v) is 8.94. The lowest BCUT2D eigenvalue weighted by Gasteiger charge is -2.34. The van der Waals surface area contributed by atoms with Crippen LogP contribution in [0.2, 0.25) is 0 Å². The lowest BCUT2D eigenvalue weighted by molar-refractivity contribution is -0.132. The van der Waals surface area contributed by atoms with Crippen molar-refractivity contribution in [3.05, 3.63) is 66.6 Å². The lowest BCUT2D eigenvalue weighted by Crippen LogP contribution is -2.50. The standard InChI is InChI=1S/C21H22FN3O3S/c22-18-6-2-4-8-20(18)29(27,28)25-15-13-24(14-16-25)21(26)10-12-23-11-9-17-5-1-3-7-19(17)23/h1-9,11H,10,12-16H2. The van der Waals surface area contributed by atoms with Crippen LogP contribution < -0.4 is 0 Å². The predicted molar refractivity (Wildman–Crippen MR) is 108 cm³/mol. The van der Waals surface area contributed by atoms with Crippen molar-refractivity contribution >= 4 is 26.8 Å². The largest absolute Gasteiger partial charge is 0.347 e. The Balaban J connectivity index is 1.36. The first-order chi connectivity index (χ1) is 14.0. The first-order valence-corrected chi connectivity index (χ1v) is 11.0. The molecule has 3 aromatic rings. The summed E-state index contributed by atoms with van der Waals surface area (Å²) in [7, 11) is -3.90. The molecule has 1 aliphatic rings. The van der Waals surface area contributed by atoms with E-state index in [1.54, 1.807) is 4.90 Å². The molecule has 0 aliphatic carbocycles. The summed E-state index contributed by atoms with van der Waals surface area (Å²) in [6, 6.07) is 15.4. The summed E-state index contributed by atoms with van der Waals surface area (Å²) in [6.45, 7) is 1.50. The molecule has 4 rings (SSSR count). The summed E-state index contributed by atoms with van der Waals surface area (Å²) in [6.07, 6.45) is 2.32. The zero-order valence-corrected chi connectivity index (χ0v) is 16.7. The van der Waals surface area contributed by atoms with Crippen molar-refractivity contribution in [2.45, 2.75) is 17.9 Å². The Kier molecular flexibility index (Phi) is 5.38. The number of aryl methyl sites for hydroxylation is 1. The molecule has 1 amide bonds. The monoisotopic (exact) mass is 415 g/mol. The Labute approximate surface area is 169 Å². The van der Waals surface area contributed by atoms with Crippen molar-refractivity contribution in [3.63, 3.8) is 0 Å². The summed E-state index contributed by atoms with van der Waals surface area (Å²) in [4.78, 5) is 14.0. The third-order valence-electron chi connectivity index (χ3n) is 5.29. The molecule has 1 fully saturated rings. The fraction of sp³-hybridized carbons (Fsp3) is 0.286. The molecule has 1 saturated heterocycles. The maximum absolute atomic E-state index is 13.9. The maximum Gasteiger partial charge on any atom is 0.246 e. The molecule has 1 aliphatic heterocycles. The summed E-state index contributed by atoms with van der Waals surface area (Å²) in [5.74, 6) is -0.768. The molecule has 29 heavy (non-hydrogen) atoms. The number of halogens is 1. The van der Waals surface area contributed by atoms with E-state index in [0.717, 1.165) is 17.0 Å². The molecule has 2 aromatic carbocycles. The van der Waals surface area contributed by atoms with Gasteiger partial charge in [0.25, 0.3) is 0 Å². The van der Waals surface area contributed by atoms with E-state index < -0.39 is 15.8 Å². The van der Waals surface area contributed by atoms with E-state index in [1.807, 2.05) is 41.1 Å². The van der Waals surface area contributed by atoms with E-state index >= 15 is 0 Å². The number of piperazine rings is 1. The second-order valence-electron chi connectivity index (χ2n) is 7.03.